The second-order valence-corrected chi connectivity index (χ2v) is 5.05. The van der Waals surface area contributed by atoms with E-state index in [9.17, 15) is 9.18 Å². The molecule has 0 aliphatic carbocycles. The summed E-state index contributed by atoms with van der Waals surface area (Å²) in [7, 11) is 0. The molecule has 1 amide bonds. The Hall–Kier alpha value is -2.06. The van der Waals surface area contributed by atoms with Gasteiger partial charge in [0.15, 0.2) is 6.61 Å². The zero-order chi connectivity index (χ0) is 15.7. The lowest BCUT2D eigenvalue weighted by Crippen LogP contribution is -2.29. The van der Waals surface area contributed by atoms with Gasteiger partial charge in [0.2, 0.25) is 0 Å². The summed E-state index contributed by atoms with van der Waals surface area (Å²) in [4.78, 5) is 11.4. The molecule has 0 heterocycles. The van der Waals surface area contributed by atoms with Crippen molar-refractivity contribution in [3.63, 3.8) is 0 Å². The van der Waals surface area contributed by atoms with Gasteiger partial charge in [-0.3, -0.25) is 4.79 Å². The number of carbonyl (C=O) groups excluding carboxylic acids is 1. The summed E-state index contributed by atoms with van der Waals surface area (Å²) in [5, 5.41) is 5.72. The lowest BCUT2D eigenvalue weighted by Gasteiger charge is -2.13. The largest absolute Gasteiger partial charge is 0.483 e. The van der Waals surface area contributed by atoms with E-state index in [0.29, 0.717) is 23.8 Å². The summed E-state index contributed by atoms with van der Waals surface area (Å²) in [5.41, 5.74) is 0.681. The molecule has 114 valence electrons. The second kappa shape index (κ2) is 8.98. The van der Waals surface area contributed by atoms with E-state index in [4.69, 9.17) is 11.2 Å². The van der Waals surface area contributed by atoms with E-state index in [2.05, 4.69) is 30.4 Å². The second-order valence-electron chi connectivity index (χ2n) is 5.05. The fourth-order valence-electron chi connectivity index (χ4n) is 1.67. The Morgan fingerprint density at radius 1 is 1.48 bits per heavy atom. The van der Waals surface area contributed by atoms with Crippen molar-refractivity contribution in [2.75, 3.05) is 19.7 Å². The molecule has 0 aliphatic heterocycles. The van der Waals surface area contributed by atoms with E-state index >= 15 is 0 Å². The molecule has 0 saturated carbocycles. The predicted octanol–water partition coefficient (Wildman–Crippen LogP) is 1.70. The SMILES string of the molecule is C#CCNC(=O)COc1ccc(F)cc1CNCC(C)C. The van der Waals surface area contributed by atoms with Crippen molar-refractivity contribution in [2.45, 2.75) is 20.4 Å². The Morgan fingerprint density at radius 3 is 2.90 bits per heavy atom. The maximum atomic E-state index is 13.3. The molecule has 0 atom stereocenters. The van der Waals surface area contributed by atoms with Crippen molar-refractivity contribution < 1.29 is 13.9 Å². The highest BCUT2D eigenvalue weighted by Gasteiger charge is 2.08. The van der Waals surface area contributed by atoms with Gasteiger partial charge < -0.3 is 15.4 Å². The molecular weight excluding hydrogens is 271 g/mol. The molecule has 0 fully saturated rings. The van der Waals surface area contributed by atoms with Crippen LogP contribution in [0.4, 0.5) is 4.39 Å². The number of hydrogen-bond acceptors (Lipinski definition) is 3. The summed E-state index contributed by atoms with van der Waals surface area (Å²) in [6, 6.07) is 4.23. The lowest BCUT2D eigenvalue weighted by molar-refractivity contribution is -0.122. The summed E-state index contributed by atoms with van der Waals surface area (Å²) in [5.74, 6) is 2.65. The van der Waals surface area contributed by atoms with Crippen LogP contribution in [0.3, 0.4) is 0 Å². The van der Waals surface area contributed by atoms with E-state index in [-0.39, 0.29) is 24.9 Å². The Kier molecular flexibility index (Phi) is 7.27. The number of terminal acetylenes is 1. The van der Waals surface area contributed by atoms with Gasteiger partial charge in [0, 0.05) is 12.1 Å². The van der Waals surface area contributed by atoms with Gasteiger partial charge >= 0.3 is 0 Å². The first-order chi connectivity index (χ1) is 10.0. The first-order valence-electron chi connectivity index (χ1n) is 6.85. The topological polar surface area (TPSA) is 50.4 Å². The molecule has 0 spiro atoms. The van der Waals surface area contributed by atoms with Crippen LogP contribution in [0.1, 0.15) is 19.4 Å². The van der Waals surface area contributed by atoms with E-state index in [1.807, 2.05) is 0 Å². The van der Waals surface area contributed by atoms with Crippen LogP contribution in [-0.2, 0) is 11.3 Å². The number of benzene rings is 1. The maximum Gasteiger partial charge on any atom is 0.258 e. The van der Waals surface area contributed by atoms with Gasteiger partial charge in [0.25, 0.3) is 5.91 Å². The molecule has 0 aliphatic rings. The maximum absolute atomic E-state index is 13.3. The zero-order valence-corrected chi connectivity index (χ0v) is 12.4. The van der Waals surface area contributed by atoms with Crippen LogP contribution in [0.15, 0.2) is 18.2 Å². The summed E-state index contributed by atoms with van der Waals surface area (Å²) in [6.07, 6.45) is 5.05. The number of nitrogens with one attached hydrogen (secondary N) is 2. The fraction of sp³-hybridized carbons (Fsp3) is 0.438. The molecule has 5 heteroatoms. The molecule has 1 aromatic rings. The van der Waals surface area contributed by atoms with Gasteiger partial charge in [-0.05, 0) is 30.7 Å². The molecule has 0 bridgehead atoms. The highest BCUT2D eigenvalue weighted by molar-refractivity contribution is 5.77. The van der Waals surface area contributed by atoms with Crippen molar-refractivity contribution in [3.8, 4) is 18.1 Å². The number of halogens is 1. The average molecular weight is 292 g/mol. The predicted molar refractivity (Wildman–Crippen MR) is 80.3 cm³/mol. The third-order valence-corrected chi connectivity index (χ3v) is 2.64. The van der Waals surface area contributed by atoms with E-state index < -0.39 is 0 Å². The van der Waals surface area contributed by atoms with Gasteiger partial charge in [0.1, 0.15) is 11.6 Å². The molecule has 4 nitrogen and oxygen atoms in total. The fourth-order valence-corrected chi connectivity index (χ4v) is 1.67. The third-order valence-electron chi connectivity index (χ3n) is 2.64. The molecule has 0 aromatic heterocycles. The van der Waals surface area contributed by atoms with Crippen molar-refractivity contribution in [2.24, 2.45) is 5.92 Å². The molecule has 0 unspecified atom stereocenters. The van der Waals surface area contributed by atoms with Crippen molar-refractivity contribution in [1.82, 2.24) is 10.6 Å². The monoisotopic (exact) mass is 292 g/mol. The van der Waals surface area contributed by atoms with Crippen molar-refractivity contribution in [1.29, 1.82) is 0 Å². The average Bonchev–Trinajstić information content (AvgIpc) is 2.43. The highest BCUT2D eigenvalue weighted by atomic mass is 19.1. The molecule has 2 N–H and O–H groups in total. The number of amides is 1. The standard InChI is InChI=1S/C16H21FN2O2/c1-4-7-19-16(20)11-21-15-6-5-14(17)8-13(15)10-18-9-12(2)3/h1,5-6,8,12,18H,7,9-11H2,2-3H3,(H,19,20). The summed E-state index contributed by atoms with van der Waals surface area (Å²) < 4.78 is 18.7. The number of rotatable bonds is 8. The van der Waals surface area contributed by atoms with Crippen LogP contribution >= 0.6 is 0 Å². The van der Waals surface area contributed by atoms with Gasteiger partial charge in [0.05, 0.1) is 6.54 Å². The molecule has 0 saturated heterocycles. The smallest absolute Gasteiger partial charge is 0.258 e. The van der Waals surface area contributed by atoms with Crippen LogP contribution in [0.25, 0.3) is 0 Å². The minimum absolute atomic E-state index is 0.148. The third kappa shape index (κ3) is 6.77. The minimum Gasteiger partial charge on any atom is -0.483 e. The van der Waals surface area contributed by atoms with E-state index in [1.165, 1.54) is 18.2 Å². The van der Waals surface area contributed by atoms with Crippen LogP contribution < -0.4 is 15.4 Å². The Morgan fingerprint density at radius 2 is 2.24 bits per heavy atom. The van der Waals surface area contributed by atoms with E-state index in [1.54, 1.807) is 0 Å². The quantitative estimate of drug-likeness (QED) is 0.717. The van der Waals surface area contributed by atoms with Crippen LogP contribution in [0.5, 0.6) is 5.75 Å². The zero-order valence-electron chi connectivity index (χ0n) is 12.4. The molecule has 1 aromatic carbocycles. The highest BCUT2D eigenvalue weighted by Crippen LogP contribution is 2.19. The van der Waals surface area contributed by atoms with Crippen molar-refractivity contribution in [3.05, 3.63) is 29.6 Å². The van der Waals surface area contributed by atoms with E-state index in [0.717, 1.165) is 6.54 Å². The number of hydrogen-bond donors (Lipinski definition) is 2. The summed E-state index contributed by atoms with van der Waals surface area (Å²) in [6.45, 7) is 5.49. The normalized spacial score (nSPS) is 10.2. The van der Waals surface area contributed by atoms with Gasteiger partial charge in [-0.2, -0.15) is 0 Å². The Balaban J connectivity index is 2.60. The van der Waals surface area contributed by atoms with Crippen LogP contribution in [-0.4, -0.2) is 25.6 Å². The lowest BCUT2D eigenvalue weighted by atomic mass is 10.1. The molecular formula is C16H21FN2O2. The van der Waals surface area contributed by atoms with Gasteiger partial charge in [-0.1, -0.05) is 19.8 Å². The number of ether oxygens (including phenoxy) is 1. The Labute approximate surface area is 125 Å². The number of carbonyl (C=O) groups is 1. The molecule has 0 radical (unpaired) electrons. The van der Waals surface area contributed by atoms with Gasteiger partial charge in [-0.15, -0.1) is 6.42 Å². The van der Waals surface area contributed by atoms with Crippen LogP contribution in [0.2, 0.25) is 0 Å². The summed E-state index contributed by atoms with van der Waals surface area (Å²) >= 11 is 0. The molecule has 21 heavy (non-hydrogen) atoms. The first kappa shape index (κ1) is 17.0. The minimum atomic E-state index is -0.333. The van der Waals surface area contributed by atoms with Crippen molar-refractivity contribution >= 4 is 5.91 Å². The Bertz CT molecular complexity index is 509. The first-order valence-corrected chi connectivity index (χ1v) is 6.85. The van der Waals surface area contributed by atoms with Crippen LogP contribution in [0, 0.1) is 24.1 Å². The molecule has 1 rings (SSSR count). The van der Waals surface area contributed by atoms with Gasteiger partial charge in [-0.25, -0.2) is 4.39 Å².